The summed E-state index contributed by atoms with van der Waals surface area (Å²) in [6.07, 6.45) is 12.9. The van der Waals surface area contributed by atoms with E-state index in [0.29, 0.717) is 29.0 Å². The number of hydrogen-bond acceptors (Lipinski definition) is 3. The predicted octanol–water partition coefficient (Wildman–Crippen LogP) is 5.26. The zero-order valence-corrected chi connectivity index (χ0v) is 16.5. The van der Waals surface area contributed by atoms with Gasteiger partial charge in [0.05, 0.1) is 6.26 Å². The number of carbonyl (C=O) groups is 1. The van der Waals surface area contributed by atoms with Crippen LogP contribution in [0.15, 0.2) is 39.3 Å². The van der Waals surface area contributed by atoms with Crippen LogP contribution in [0.1, 0.15) is 76.7 Å². The molecular formula is C24H30O3. The van der Waals surface area contributed by atoms with Crippen LogP contribution in [-0.4, -0.2) is 5.78 Å². The predicted molar refractivity (Wildman–Crippen MR) is 104 cm³/mol. The molecular weight excluding hydrogens is 336 g/mol. The lowest BCUT2D eigenvalue weighted by Crippen LogP contribution is -2.51. The minimum absolute atomic E-state index is 0.189. The van der Waals surface area contributed by atoms with Gasteiger partial charge in [-0.15, -0.1) is 0 Å². The maximum Gasteiger partial charge on any atom is 0.335 e. The fourth-order valence-electron chi connectivity index (χ4n) is 7.45. The number of fused-ring (bicyclic) bond motifs is 5. The monoisotopic (exact) mass is 366 g/mol. The van der Waals surface area contributed by atoms with Crippen molar-refractivity contribution in [2.24, 2.45) is 28.6 Å². The molecule has 4 aliphatic rings. The molecule has 144 valence electrons. The highest BCUT2D eigenvalue weighted by Crippen LogP contribution is 2.66. The van der Waals surface area contributed by atoms with E-state index >= 15 is 0 Å². The van der Waals surface area contributed by atoms with Gasteiger partial charge >= 0.3 is 5.63 Å². The van der Waals surface area contributed by atoms with Gasteiger partial charge in [-0.1, -0.05) is 25.5 Å². The average Bonchev–Trinajstić information content (AvgIpc) is 3.00. The number of carbonyl (C=O) groups excluding carboxylic acids is 1. The van der Waals surface area contributed by atoms with Crippen molar-refractivity contribution in [2.45, 2.75) is 71.1 Å². The molecule has 3 saturated carbocycles. The van der Waals surface area contributed by atoms with Gasteiger partial charge in [-0.3, -0.25) is 4.79 Å². The third-order valence-electron chi connectivity index (χ3n) is 9.01. The smallest absolute Gasteiger partial charge is 0.335 e. The molecule has 0 spiro atoms. The Kier molecular flexibility index (Phi) is 3.83. The SMILES string of the molecule is CC12CCC3C(CCC4CC(=O)CCC43C)C1=CCC2c1ccc(=O)oc1. The second kappa shape index (κ2) is 5.93. The Hall–Kier alpha value is -1.64. The van der Waals surface area contributed by atoms with Gasteiger partial charge in [-0.05, 0) is 84.7 Å². The van der Waals surface area contributed by atoms with Crippen LogP contribution in [0.5, 0.6) is 0 Å². The zero-order chi connectivity index (χ0) is 18.8. The number of ketones is 1. The van der Waals surface area contributed by atoms with Crippen LogP contribution in [0.4, 0.5) is 0 Å². The molecule has 1 aromatic heterocycles. The van der Waals surface area contributed by atoms with Gasteiger partial charge in [-0.2, -0.15) is 0 Å². The van der Waals surface area contributed by atoms with E-state index in [4.69, 9.17) is 4.42 Å². The van der Waals surface area contributed by atoms with Gasteiger partial charge in [-0.25, -0.2) is 4.79 Å². The Bertz CT molecular complexity index is 844. The molecule has 5 rings (SSSR count). The minimum Gasteiger partial charge on any atom is -0.431 e. The van der Waals surface area contributed by atoms with Crippen LogP contribution >= 0.6 is 0 Å². The van der Waals surface area contributed by atoms with Gasteiger partial charge in [0, 0.05) is 18.9 Å². The summed E-state index contributed by atoms with van der Waals surface area (Å²) in [4.78, 5) is 23.4. The summed E-state index contributed by atoms with van der Waals surface area (Å²) in [6, 6.07) is 3.53. The molecule has 6 unspecified atom stereocenters. The molecule has 1 aromatic rings. The first-order valence-electron chi connectivity index (χ1n) is 10.7. The standard InChI is InChI=1S/C24H30O3/c1-23-11-9-17(25)13-16(23)4-5-18-20-7-6-19(15-3-8-22(26)27-14-15)24(20,2)12-10-21(18)23/h3,7-8,14,16,18-19,21H,4-6,9-13H2,1-2H3. The Morgan fingerprint density at radius 2 is 1.93 bits per heavy atom. The van der Waals surface area contributed by atoms with E-state index in [9.17, 15) is 9.59 Å². The van der Waals surface area contributed by atoms with Gasteiger partial charge in [0.1, 0.15) is 5.78 Å². The highest BCUT2D eigenvalue weighted by atomic mass is 16.4. The van der Waals surface area contributed by atoms with Crippen molar-refractivity contribution in [1.82, 2.24) is 0 Å². The fraction of sp³-hybridized carbons (Fsp3) is 0.667. The van der Waals surface area contributed by atoms with E-state index in [1.165, 1.54) is 31.2 Å². The highest BCUT2D eigenvalue weighted by Gasteiger charge is 2.57. The summed E-state index contributed by atoms with van der Waals surface area (Å²) < 4.78 is 5.19. The second-order valence-corrected chi connectivity index (χ2v) is 10.0. The quantitative estimate of drug-likeness (QED) is 0.637. The number of hydrogen-bond donors (Lipinski definition) is 0. The maximum atomic E-state index is 12.0. The lowest BCUT2D eigenvalue weighted by Gasteiger charge is -2.58. The van der Waals surface area contributed by atoms with Gasteiger partial charge < -0.3 is 4.42 Å². The number of allylic oxidation sites excluding steroid dienone is 2. The third-order valence-corrected chi connectivity index (χ3v) is 9.01. The van der Waals surface area contributed by atoms with Gasteiger partial charge in [0.15, 0.2) is 0 Å². The Labute approximate surface area is 161 Å². The molecule has 6 atom stereocenters. The number of rotatable bonds is 1. The summed E-state index contributed by atoms with van der Waals surface area (Å²) in [5.74, 6) is 2.93. The number of Topliss-reactive ketones (excluding diaryl/α,β-unsaturated/α-hetero) is 1. The van der Waals surface area contributed by atoms with E-state index in [1.54, 1.807) is 17.9 Å². The summed E-state index contributed by atoms with van der Waals surface area (Å²) in [6.45, 7) is 4.93. The van der Waals surface area contributed by atoms with Crippen LogP contribution < -0.4 is 5.63 Å². The molecule has 0 aliphatic heterocycles. The zero-order valence-electron chi connectivity index (χ0n) is 16.5. The first kappa shape index (κ1) is 17.5. The van der Waals surface area contributed by atoms with E-state index in [0.717, 1.165) is 31.6 Å². The molecule has 0 aromatic carbocycles. The van der Waals surface area contributed by atoms with E-state index in [2.05, 4.69) is 19.9 Å². The van der Waals surface area contributed by atoms with Crippen LogP contribution in [0.25, 0.3) is 0 Å². The first-order valence-corrected chi connectivity index (χ1v) is 10.7. The fourth-order valence-corrected chi connectivity index (χ4v) is 7.45. The van der Waals surface area contributed by atoms with Crippen LogP contribution in [0.3, 0.4) is 0 Å². The third kappa shape index (κ3) is 2.46. The lowest BCUT2D eigenvalue weighted by atomic mass is 9.46. The van der Waals surface area contributed by atoms with Crippen molar-refractivity contribution in [3.63, 3.8) is 0 Å². The van der Waals surface area contributed by atoms with E-state index in [1.807, 2.05) is 6.07 Å². The maximum absolute atomic E-state index is 12.0. The molecule has 3 fully saturated rings. The van der Waals surface area contributed by atoms with Crippen molar-refractivity contribution in [3.05, 3.63) is 46.0 Å². The molecule has 0 amide bonds. The Morgan fingerprint density at radius 1 is 1.07 bits per heavy atom. The van der Waals surface area contributed by atoms with Crippen molar-refractivity contribution in [3.8, 4) is 0 Å². The Morgan fingerprint density at radius 3 is 2.70 bits per heavy atom. The topological polar surface area (TPSA) is 47.3 Å². The summed E-state index contributed by atoms with van der Waals surface area (Å²) in [5, 5.41) is 0. The van der Waals surface area contributed by atoms with Gasteiger partial charge in [0.25, 0.3) is 0 Å². The molecule has 0 saturated heterocycles. The molecule has 0 radical (unpaired) electrons. The second-order valence-electron chi connectivity index (χ2n) is 10.0. The normalized spacial score (nSPS) is 43.5. The van der Waals surface area contributed by atoms with E-state index in [-0.39, 0.29) is 11.0 Å². The average molecular weight is 367 g/mol. The van der Waals surface area contributed by atoms with Crippen molar-refractivity contribution < 1.29 is 9.21 Å². The summed E-state index contributed by atoms with van der Waals surface area (Å²) in [7, 11) is 0. The summed E-state index contributed by atoms with van der Waals surface area (Å²) in [5.41, 5.74) is 3.11. The molecule has 3 heteroatoms. The van der Waals surface area contributed by atoms with Crippen molar-refractivity contribution in [2.75, 3.05) is 0 Å². The lowest BCUT2D eigenvalue weighted by molar-refractivity contribution is -0.131. The molecule has 0 N–H and O–H groups in total. The highest BCUT2D eigenvalue weighted by molar-refractivity contribution is 5.79. The molecule has 3 nitrogen and oxygen atoms in total. The van der Waals surface area contributed by atoms with Crippen LogP contribution in [0.2, 0.25) is 0 Å². The van der Waals surface area contributed by atoms with Crippen molar-refractivity contribution in [1.29, 1.82) is 0 Å². The molecule has 4 aliphatic carbocycles. The molecule has 27 heavy (non-hydrogen) atoms. The minimum atomic E-state index is -0.267. The van der Waals surface area contributed by atoms with Crippen LogP contribution in [0, 0.1) is 28.6 Å². The molecule has 1 heterocycles. The Balaban J connectivity index is 1.45. The van der Waals surface area contributed by atoms with E-state index < -0.39 is 0 Å². The first-order chi connectivity index (χ1) is 12.9. The molecule has 0 bridgehead atoms. The van der Waals surface area contributed by atoms with Crippen LogP contribution in [-0.2, 0) is 4.79 Å². The van der Waals surface area contributed by atoms with Gasteiger partial charge in [0.2, 0.25) is 0 Å². The van der Waals surface area contributed by atoms with Crippen molar-refractivity contribution >= 4 is 5.78 Å². The summed E-state index contributed by atoms with van der Waals surface area (Å²) >= 11 is 0. The largest absolute Gasteiger partial charge is 0.431 e.